The first kappa shape index (κ1) is 14.1. The minimum absolute atomic E-state index is 1.03. The van der Waals surface area contributed by atoms with Crippen LogP contribution in [0, 0.1) is 0 Å². The first-order chi connectivity index (χ1) is 11.8. The van der Waals surface area contributed by atoms with E-state index in [0.717, 1.165) is 4.90 Å². The van der Waals surface area contributed by atoms with Gasteiger partial charge in [-0.15, -0.1) is 24.0 Å². The van der Waals surface area contributed by atoms with Crippen molar-refractivity contribution in [3.8, 4) is 11.1 Å². The van der Waals surface area contributed by atoms with Crippen LogP contribution in [0.4, 0.5) is 0 Å². The fourth-order valence-electron chi connectivity index (χ4n) is 3.49. The van der Waals surface area contributed by atoms with E-state index in [2.05, 4.69) is 91.5 Å². The number of thiol groups is 1. The molecule has 0 bridgehead atoms. The first-order valence-electron chi connectivity index (χ1n) is 7.94. The van der Waals surface area contributed by atoms with Crippen LogP contribution in [0.15, 0.2) is 83.8 Å². The highest BCUT2D eigenvalue weighted by Gasteiger charge is 2.12. The van der Waals surface area contributed by atoms with E-state index in [9.17, 15) is 0 Å². The van der Waals surface area contributed by atoms with Crippen molar-refractivity contribution in [1.29, 1.82) is 0 Å². The summed E-state index contributed by atoms with van der Waals surface area (Å²) in [5.41, 5.74) is 2.58. The van der Waals surface area contributed by atoms with Crippen LogP contribution in [0.3, 0.4) is 0 Å². The Bertz CT molecular complexity index is 1210. The van der Waals surface area contributed by atoms with E-state index in [1.165, 1.54) is 42.1 Å². The summed E-state index contributed by atoms with van der Waals surface area (Å²) in [5, 5.41) is 5.15. The molecule has 0 N–H and O–H groups in total. The fourth-order valence-corrected chi connectivity index (χ4v) is 5.00. The molecule has 4 aromatic carbocycles. The maximum absolute atomic E-state index is 4.63. The van der Waals surface area contributed by atoms with Gasteiger partial charge in [-0.3, -0.25) is 0 Å². The Morgan fingerprint density at radius 1 is 0.542 bits per heavy atom. The van der Waals surface area contributed by atoms with Gasteiger partial charge in [-0.2, -0.15) is 0 Å². The third-order valence-corrected chi connectivity index (χ3v) is 6.20. The molecule has 1 aromatic heterocycles. The molecule has 5 rings (SSSR count). The van der Waals surface area contributed by atoms with Gasteiger partial charge in [0.05, 0.1) is 0 Å². The lowest BCUT2D eigenvalue weighted by Gasteiger charge is -2.09. The second kappa shape index (κ2) is 5.37. The van der Waals surface area contributed by atoms with Gasteiger partial charge in [-0.1, -0.05) is 66.7 Å². The van der Waals surface area contributed by atoms with Gasteiger partial charge < -0.3 is 0 Å². The minimum atomic E-state index is 1.03. The molecule has 0 aliphatic carbocycles. The average molecular weight is 342 g/mol. The van der Waals surface area contributed by atoms with Crippen molar-refractivity contribution in [1.82, 2.24) is 0 Å². The zero-order valence-electron chi connectivity index (χ0n) is 12.9. The van der Waals surface area contributed by atoms with Gasteiger partial charge in [-0.05, 0) is 28.5 Å². The van der Waals surface area contributed by atoms with Crippen LogP contribution >= 0.6 is 24.0 Å². The van der Waals surface area contributed by atoms with E-state index in [-0.39, 0.29) is 0 Å². The van der Waals surface area contributed by atoms with Gasteiger partial charge in [0.15, 0.2) is 0 Å². The lowest BCUT2D eigenvalue weighted by atomic mass is 9.97. The molecule has 114 valence electrons. The van der Waals surface area contributed by atoms with Gasteiger partial charge in [0.1, 0.15) is 0 Å². The van der Waals surface area contributed by atoms with E-state index in [1.807, 2.05) is 11.3 Å². The topological polar surface area (TPSA) is 0 Å². The predicted molar refractivity (Wildman–Crippen MR) is 110 cm³/mol. The summed E-state index contributed by atoms with van der Waals surface area (Å²) in [6, 6.07) is 28.1. The summed E-state index contributed by atoms with van der Waals surface area (Å²) < 4.78 is 2.70. The van der Waals surface area contributed by atoms with E-state index in [0.29, 0.717) is 0 Å². The summed E-state index contributed by atoms with van der Waals surface area (Å²) in [7, 11) is 0. The molecule has 0 unspecified atom stereocenters. The molecular formula is C22H14S2. The summed E-state index contributed by atoms with van der Waals surface area (Å²) >= 11 is 6.50. The molecule has 0 saturated heterocycles. The Balaban J connectivity index is 1.92. The SMILES string of the molecule is Sc1cccc2c(-c3cccc4c3sc3ccccc34)cccc12. The van der Waals surface area contributed by atoms with Gasteiger partial charge >= 0.3 is 0 Å². The molecule has 5 aromatic rings. The number of fused-ring (bicyclic) bond motifs is 4. The second-order valence-electron chi connectivity index (χ2n) is 5.96. The van der Waals surface area contributed by atoms with Crippen molar-refractivity contribution >= 4 is 54.9 Å². The molecule has 24 heavy (non-hydrogen) atoms. The molecule has 0 radical (unpaired) electrons. The Morgan fingerprint density at radius 3 is 2.12 bits per heavy atom. The maximum atomic E-state index is 4.63. The highest BCUT2D eigenvalue weighted by Crippen LogP contribution is 2.41. The van der Waals surface area contributed by atoms with Crippen molar-refractivity contribution in [3.63, 3.8) is 0 Å². The normalized spacial score (nSPS) is 11.5. The molecule has 0 amide bonds. The quantitative estimate of drug-likeness (QED) is 0.307. The smallest absolute Gasteiger partial charge is 0.0434 e. The standard InChI is InChI=1S/C22H14S2/c23-20-12-5-8-14-15(7-3-9-16(14)20)18-10-4-11-19-17-6-1-2-13-21(17)24-22(18)19/h1-13,23H. The monoisotopic (exact) mass is 342 g/mol. The van der Waals surface area contributed by atoms with Gasteiger partial charge in [-0.25, -0.2) is 0 Å². The largest absolute Gasteiger partial charge is 0.143 e. The van der Waals surface area contributed by atoms with Crippen LogP contribution in [0.1, 0.15) is 0 Å². The van der Waals surface area contributed by atoms with Crippen molar-refractivity contribution in [2.24, 2.45) is 0 Å². The van der Waals surface area contributed by atoms with Crippen LogP contribution in [-0.2, 0) is 0 Å². The highest BCUT2D eigenvalue weighted by molar-refractivity contribution is 7.80. The fraction of sp³-hybridized carbons (Fsp3) is 0. The number of rotatable bonds is 1. The molecule has 0 spiro atoms. The Kier molecular flexibility index (Phi) is 3.15. The molecule has 0 atom stereocenters. The molecule has 0 fully saturated rings. The summed E-state index contributed by atoms with van der Waals surface area (Å²) in [5.74, 6) is 0. The maximum Gasteiger partial charge on any atom is 0.0434 e. The number of hydrogen-bond donors (Lipinski definition) is 1. The van der Waals surface area contributed by atoms with E-state index < -0.39 is 0 Å². The van der Waals surface area contributed by atoms with Crippen molar-refractivity contribution < 1.29 is 0 Å². The minimum Gasteiger partial charge on any atom is -0.143 e. The average Bonchev–Trinajstić information content (AvgIpc) is 3.00. The summed E-state index contributed by atoms with van der Waals surface area (Å²) in [4.78, 5) is 1.03. The Hall–Kier alpha value is -2.29. The van der Waals surface area contributed by atoms with Crippen molar-refractivity contribution in [2.75, 3.05) is 0 Å². The van der Waals surface area contributed by atoms with Crippen LogP contribution in [-0.4, -0.2) is 0 Å². The van der Waals surface area contributed by atoms with Crippen LogP contribution in [0.2, 0.25) is 0 Å². The van der Waals surface area contributed by atoms with Gasteiger partial charge in [0.25, 0.3) is 0 Å². The lowest BCUT2D eigenvalue weighted by Crippen LogP contribution is -1.82. The summed E-state index contributed by atoms with van der Waals surface area (Å²) in [6.45, 7) is 0. The Morgan fingerprint density at radius 2 is 1.21 bits per heavy atom. The first-order valence-corrected chi connectivity index (χ1v) is 9.20. The zero-order chi connectivity index (χ0) is 16.1. The third kappa shape index (κ3) is 2.00. The molecule has 0 aliphatic heterocycles. The summed E-state index contributed by atoms with van der Waals surface area (Å²) in [6.07, 6.45) is 0. The number of benzene rings is 4. The predicted octanol–water partition coefficient (Wildman–Crippen LogP) is 7.16. The molecule has 0 aliphatic rings. The van der Waals surface area contributed by atoms with E-state index >= 15 is 0 Å². The van der Waals surface area contributed by atoms with Crippen LogP contribution < -0.4 is 0 Å². The second-order valence-corrected chi connectivity index (χ2v) is 7.49. The molecule has 2 heteroatoms. The number of hydrogen-bond acceptors (Lipinski definition) is 2. The number of thiophene rings is 1. The molecule has 0 saturated carbocycles. The van der Waals surface area contributed by atoms with Crippen LogP contribution in [0.25, 0.3) is 42.1 Å². The zero-order valence-corrected chi connectivity index (χ0v) is 14.6. The molecule has 0 nitrogen and oxygen atoms in total. The van der Waals surface area contributed by atoms with Gasteiger partial charge in [0, 0.05) is 30.6 Å². The molecular weight excluding hydrogens is 328 g/mol. The van der Waals surface area contributed by atoms with Crippen molar-refractivity contribution in [2.45, 2.75) is 4.90 Å². The van der Waals surface area contributed by atoms with Crippen molar-refractivity contribution in [3.05, 3.63) is 78.9 Å². The molecule has 1 heterocycles. The Labute approximate surface area is 149 Å². The van der Waals surface area contributed by atoms with E-state index in [4.69, 9.17) is 0 Å². The van der Waals surface area contributed by atoms with Gasteiger partial charge in [0.2, 0.25) is 0 Å². The highest BCUT2D eigenvalue weighted by atomic mass is 32.1. The van der Waals surface area contributed by atoms with Crippen LogP contribution in [0.5, 0.6) is 0 Å². The van der Waals surface area contributed by atoms with E-state index in [1.54, 1.807) is 0 Å². The third-order valence-electron chi connectivity index (χ3n) is 4.59. The lowest BCUT2D eigenvalue weighted by molar-refractivity contribution is 1.56.